The second-order valence-corrected chi connectivity index (χ2v) is 7.72. The largest absolute Gasteiger partial charge is 0.490 e. The van der Waals surface area contributed by atoms with Crippen molar-refractivity contribution in [1.29, 1.82) is 0 Å². The van der Waals surface area contributed by atoms with Gasteiger partial charge in [-0.25, -0.2) is 0 Å². The number of amides is 1. The maximum Gasteiger partial charge on any atom is 0.260 e. The standard InChI is InChI=1S/C24H29ClN2O3/c1-3-5-19-8-11-22(29-4-2)23(16-19)30-18-24(28)27-14-12-26(13-15-27)17-20-6-9-21(25)10-7-20/h3,6-11,16H,1,4-5,12-15,17-18H2,2H3. The normalized spacial score (nSPS) is 14.4. The van der Waals surface area contributed by atoms with Crippen molar-refractivity contribution >= 4 is 17.5 Å². The summed E-state index contributed by atoms with van der Waals surface area (Å²) in [6.45, 7) is 10.2. The smallest absolute Gasteiger partial charge is 0.260 e. The molecule has 3 rings (SSSR count). The Hall–Kier alpha value is -2.50. The molecule has 30 heavy (non-hydrogen) atoms. The molecule has 5 nitrogen and oxygen atoms in total. The van der Waals surface area contributed by atoms with Crippen LogP contribution < -0.4 is 9.47 Å². The molecule has 1 saturated heterocycles. The number of hydrogen-bond donors (Lipinski definition) is 0. The molecule has 1 heterocycles. The highest BCUT2D eigenvalue weighted by atomic mass is 35.5. The van der Waals surface area contributed by atoms with E-state index in [2.05, 4.69) is 11.5 Å². The van der Waals surface area contributed by atoms with Gasteiger partial charge < -0.3 is 14.4 Å². The zero-order valence-electron chi connectivity index (χ0n) is 17.5. The fraction of sp³-hybridized carbons (Fsp3) is 0.375. The summed E-state index contributed by atoms with van der Waals surface area (Å²) in [5.74, 6) is 1.26. The van der Waals surface area contributed by atoms with Gasteiger partial charge in [0.05, 0.1) is 6.61 Å². The summed E-state index contributed by atoms with van der Waals surface area (Å²) in [4.78, 5) is 16.9. The predicted octanol–water partition coefficient (Wildman–Crippen LogP) is 4.19. The van der Waals surface area contributed by atoms with E-state index in [0.717, 1.165) is 36.6 Å². The lowest BCUT2D eigenvalue weighted by atomic mass is 10.1. The highest BCUT2D eigenvalue weighted by molar-refractivity contribution is 6.30. The molecule has 2 aromatic rings. The molecule has 1 aliphatic heterocycles. The van der Waals surface area contributed by atoms with E-state index in [0.29, 0.717) is 31.2 Å². The zero-order chi connectivity index (χ0) is 21.3. The van der Waals surface area contributed by atoms with Gasteiger partial charge in [0.15, 0.2) is 18.1 Å². The van der Waals surface area contributed by atoms with Gasteiger partial charge in [0.25, 0.3) is 5.91 Å². The number of allylic oxidation sites excluding steroid dienone is 1. The Morgan fingerprint density at radius 3 is 2.40 bits per heavy atom. The van der Waals surface area contributed by atoms with Crippen molar-refractivity contribution in [2.24, 2.45) is 0 Å². The fourth-order valence-electron chi connectivity index (χ4n) is 3.47. The van der Waals surface area contributed by atoms with E-state index in [-0.39, 0.29) is 12.5 Å². The Bertz CT molecular complexity index is 846. The first kappa shape index (κ1) is 22.2. The summed E-state index contributed by atoms with van der Waals surface area (Å²) in [6, 6.07) is 13.7. The number of rotatable bonds is 9. The summed E-state index contributed by atoms with van der Waals surface area (Å²) >= 11 is 5.95. The Labute approximate surface area is 183 Å². The molecule has 0 radical (unpaired) electrons. The molecular formula is C24H29ClN2O3. The monoisotopic (exact) mass is 428 g/mol. The minimum Gasteiger partial charge on any atom is -0.490 e. The summed E-state index contributed by atoms with van der Waals surface area (Å²) in [6.07, 6.45) is 2.58. The minimum absolute atomic E-state index is 0.00212. The van der Waals surface area contributed by atoms with Crippen molar-refractivity contribution in [3.63, 3.8) is 0 Å². The number of ether oxygens (including phenoxy) is 2. The van der Waals surface area contributed by atoms with Gasteiger partial charge in [-0.2, -0.15) is 0 Å². The van der Waals surface area contributed by atoms with Crippen LogP contribution in [0.25, 0.3) is 0 Å². The predicted molar refractivity (Wildman–Crippen MR) is 120 cm³/mol. The maximum atomic E-state index is 12.7. The molecule has 0 aromatic heterocycles. The highest BCUT2D eigenvalue weighted by Crippen LogP contribution is 2.29. The van der Waals surface area contributed by atoms with Gasteiger partial charge >= 0.3 is 0 Å². The van der Waals surface area contributed by atoms with Crippen LogP contribution in [0.2, 0.25) is 5.02 Å². The molecule has 0 spiro atoms. The lowest BCUT2D eigenvalue weighted by Gasteiger charge is -2.34. The Morgan fingerprint density at radius 2 is 1.73 bits per heavy atom. The summed E-state index contributed by atoms with van der Waals surface area (Å²) < 4.78 is 11.5. The molecule has 0 atom stereocenters. The molecule has 0 unspecified atom stereocenters. The minimum atomic E-state index is -0.00212. The Morgan fingerprint density at radius 1 is 1.03 bits per heavy atom. The maximum absolute atomic E-state index is 12.7. The quantitative estimate of drug-likeness (QED) is 0.561. The third-order valence-electron chi connectivity index (χ3n) is 5.08. The average Bonchev–Trinajstić information content (AvgIpc) is 2.76. The first-order chi connectivity index (χ1) is 14.6. The molecule has 0 saturated carbocycles. The van der Waals surface area contributed by atoms with Crippen LogP contribution in [0, 0.1) is 0 Å². The number of carbonyl (C=O) groups is 1. The topological polar surface area (TPSA) is 42.0 Å². The third-order valence-corrected chi connectivity index (χ3v) is 5.34. The number of carbonyl (C=O) groups excluding carboxylic acids is 1. The number of piperazine rings is 1. The summed E-state index contributed by atoms with van der Waals surface area (Å²) in [5, 5.41) is 0.747. The lowest BCUT2D eigenvalue weighted by Crippen LogP contribution is -2.49. The van der Waals surface area contributed by atoms with Crippen LogP contribution in [-0.2, 0) is 17.8 Å². The van der Waals surface area contributed by atoms with Gasteiger partial charge in [0.2, 0.25) is 0 Å². The van der Waals surface area contributed by atoms with Gasteiger partial charge in [-0.1, -0.05) is 35.9 Å². The van der Waals surface area contributed by atoms with E-state index in [1.54, 1.807) is 0 Å². The molecule has 0 aliphatic carbocycles. The molecule has 0 bridgehead atoms. The first-order valence-electron chi connectivity index (χ1n) is 10.3. The molecule has 1 amide bonds. The van der Waals surface area contributed by atoms with Crippen molar-refractivity contribution < 1.29 is 14.3 Å². The molecular weight excluding hydrogens is 400 g/mol. The van der Waals surface area contributed by atoms with Crippen LogP contribution in [0.5, 0.6) is 11.5 Å². The second-order valence-electron chi connectivity index (χ2n) is 7.28. The van der Waals surface area contributed by atoms with Crippen LogP contribution in [0.3, 0.4) is 0 Å². The van der Waals surface area contributed by atoms with E-state index in [1.165, 1.54) is 5.56 Å². The van der Waals surface area contributed by atoms with Gasteiger partial charge in [0, 0.05) is 37.7 Å². The first-order valence-corrected chi connectivity index (χ1v) is 10.7. The van der Waals surface area contributed by atoms with Crippen molar-refractivity contribution in [3.8, 4) is 11.5 Å². The molecule has 6 heteroatoms. The van der Waals surface area contributed by atoms with Gasteiger partial charge in [-0.05, 0) is 48.7 Å². The SMILES string of the molecule is C=CCc1ccc(OCC)c(OCC(=O)N2CCN(Cc3ccc(Cl)cc3)CC2)c1. The van der Waals surface area contributed by atoms with Crippen molar-refractivity contribution in [3.05, 3.63) is 71.3 Å². The van der Waals surface area contributed by atoms with Crippen molar-refractivity contribution in [2.45, 2.75) is 19.9 Å². The zero-order valence-corrected chi connectivity index (χ0v) is 18.2. The van der Waals surface area contributed by atoms with E-state index >= 15 is 0 Å². The average molecular weight is 429 g/mol. The number of halogens is 1. The van der Waals surface area contributed by atoms with Gasteiger partial charge in [-0.3, -0.25) is 9.69 Å². The summed E-state index contributed by atoms with van der Waals surface area (Å²) in [7, 11) is 0. The fourth-order valence-corrected chi connectivity index (χ4v) is 3.59. The van der Waals surface area contributed by atoms with Crippen LogP contribution in [0.1, 0.15) is 18.1 Å². The van der Waals surface area contributed by atoms with Crippen LogP contribution >= 0.6 is 11.6 Å². The number of nitrogens with zero attached hydrogens (tertiary/aromatic N) is 2. The molecule has 2 aromatic carbocycles. The van der Waals surface area contributed by atoms with E-state index < -0.39 is 0 Å². The lowest BCUT2D eigenvalue weighted by molar-refractivity contribution is -0.135. The molecule has 160 valence electrons. The molecule has 0 N–H and O–H groups in total. The van der Waals surface area contributed by atoms with Gasteiger partial charge in [-0.15, -0.1) is 6.58 Å². The number of hydrogen-bond acceptors (Lipinski definition) is 4. The van der Waals surface area contributed by atoms with E-state index in [4.69, 9.17) is 21.1 Å². The van der Waals surface area contributed by atoms with Crippen molar-refractivity contribution in [1.82, 2.24) is 9.80 Å². The van der Waals surface area contributed by atoms with E-state index in [1.807, 2.05) is 60.4 Å². The van der Waals surface area contributed by atoms with Crippen LogP contribution in [-0.4, -0.2) is 55.1 Å². The van der Waals surface area contributed by atoms with Crippen LogP contribution in [0.4, 0.5) is 0 Å². The highest BCUT2D eigenvalue weighted by Gasteiger charge is 2.22. The second kappa shape index (κ2) is 11.0. The molecule has 1 fully saturated rings. The third kappa shape index (κ3) is 6.25. The molecule has 1 aliphatic rings. The van der Waals surface area contributed by atoms with Gasteiger partial charge in [0.1, 0.15) is 0 Å². The Balaban J connectivity index is 1.50. The van der Waals surface area contributed by atoms with Crippen LogP contribution in [0.15, 0.2) is 55.1 Å². The number of benzene rings is 2. The Kier molecular flexibility index (Phi) is 8.17. The summed E-state index contributed by atoms with van der Waals surface area (Å²) in [5.41, 5.74) is 2.30. The van der Waals surface area contributed by atoms with E-state index in [9.17, 15) is 4.79 Å². The van der Waals surface area contributed by atoms with Crippen molar-refractivity contribution in [2.75, 3.05) is 39.4 Å².